The molecular weight excluding hydrogens is 204 g/mol. The van der Waals surface area contributed by atoms with Crippen LogP contribution in [0.5, 0.6) is 5.75 Å². The van der Waals surface area contributed by atoms with E-state index in [1.165, 1.54) is 17.4 Å². The van der Waals surface area contributed by atoms with Crippen LogP contribution in [0.1, 0.15) is 4.88 Å². The molecule has 0 fully saturated rings. The zero-order valence-corrected chi connectivity index (χ0v) is 7.76. The monoisotopic (exact) mass is 210 g/mol. The fraction of sp³-hybridized carbons (Fsp3) is 0. The average Bonchev–Trinajstić information content (AvgIpc) is 2.71. The van der Waals surface area contributed by atoms with Gasteiger partial charge in [-0.2, -0.15) is 5.90 Å². The number of carbonyl (C=O) groups is 2. The summed E-state index contributed by atoms with van der Waals surface area (Å²) in [4.78, 5) is 27.3. The van der Waals surface area contributed by atoms with Gasteiger partial charge in [0.1, 0.15) is 0 Å². The number of hydrogen-bond acceptors (Lipinski definition) is 5. The number of amides is 2. The number of rotatable bonds is 2. The minimum Gasteiger partial charge on any atom is -0.410 e. The first-order chi connectivity index (χ1) is 6.72. The largest absolute Gasteiger partial charge is 0.410 e. The summed E-state index contributed by atoms with van der Waals surface area (Å²) in [5.74, 6) is 4.56. The zero-order valence-electron chi connectivity index (χ0n) is 6.94. The SMILES string of the molecule is NOc1ccsc1C1=CC(=O)NC1=O. The van der Waals surface area contributed by atoms with E-state index < -0.39 is 11.8 Å². The summed E-state index contributed by atoms with van der Waals surface area (Å²) in [7, 11) is 0. The second-order valence-corrected chi connectivity index (χ2v) is 3.52. The van der Waals surface area contributed by atoms with E-state index in [0.29, 0.717) is 16.2 Å². The van der Waals surface area contributed by atoms with E-state index in [1.54, 1.807) is 11.4 Å². The van der Waals surface area contributed by atoms with E-state index in [0.717, 1.165) is 0 Å². The van der Waals surface area contributed by atoms with Crippen LogP contribution in [0.2, 0.25) is 0 Å². The molecule has 1 aliphatic rings. The second kappa shape index (κ2) is 3.24. The van der Waals surface area contributed by atoms with Crippen molar-refractivity contribution >= 4 is 28.7 Å². The molecule has 0 bridgehead atoms. The molecule has 0 unspecified atom stereocenters. The van der Waals surface area contributed by atoms with Crippen molar-refractivity contribution < 1.29 is 14.4 Å². The molecular formula is C8H6N2O3S. The Labute approximate surface area is 83.1 Å². The molecule has 1 aliphatic heterocycles. The molecule has 0 atom stereocenters. The highest BCUT2D eigenvalue weighted by Crippen LogP contribution is 2.32. The smallest absolute Gasteiger partial charge is 0.259 e. The number of thiophene rings is 1. The van der Waals surface area contributed by atoms with Gasteiger partial charge in [0.2, 0.25) is 0 Å². The van der Waals surface area contributed by atoms with E-state index in [-0.39, 0.29) is 0 Å². The van der Waals surface area contributed by atoms with E-state index in [4.69, 9.17) is 5.90 Å². The van der Waals surface area contributed by atoms with Gasteiger partial charge in [-0.1, -0.05) is 0 Å². The van der Waals surface area contributed by atoms with Crippen molar-refractivity contribution in [2.75, 3.05) is 0 Å². The Morgan fingerprint density at radius 2 is 2.21 bits per heavy atom. The van der Waals surface area contributed by atoms with Crippen molar-refractivity contribution in [3.63, 3.8) is 0 Å². The molecule has 2 rings (SSSR count). The number of hydrogen-bond donors (Lipinski definition) is 2. The lowest BCUT2D eigenvalue weighted by Crippen LogP contribution is -2.21. The molecule has 2 amide bonds. The predicted molar refractivity (Wildman–Crippen MR) is 50.3 cm³/mol. The maximum Gasteiger partial charge on any atom is 0.259 e. The molecule has 0 saturated heterocycles. The minimum absolute atomic E-state index is 0.297. The topological polar surface area (TPSA) is 81.4 Å². The Morgan fingerprint density at radius 3 is 2.79 bits per heavy atom. The molecule has 5 nitrogen and oxygen atoms in total. The summed E-state index contributed by atoms with van der Waals surface area (Å²) in [5, 5.41) is 3.88. The highest BCUT2D eigenvalue weighted by molar-refractivity contribution is 7.12. The Kier molecular flexibility index (Phi) is 2.06. The summed E-state index contributed by atoms with van der Waals surface area (Å²) in [5.41, 5.74) is 0.297. The second-order valence-electron chi connectivity index (χ2n) is 2.61. The van der Waals surface area contributed by atoms with Crippen LogP contribution in [0, 0.1) is 0 Å². The maximum atomic E-state index is 11.3. The zero-order chi connectivity index (χ0) is 10.1. The lowest BCUT2D eigenvalue weighted by molar-refractivity contribution is -0.123. The van der Waals surface area contributed by atoms with Crippen molar-refractivity contribution in [2.45, 2.75) is 0 Å². The molecule has 0 aliphatic carbocycles. The lowest BCUT2D eigenvalue weighted by Gasteiger charge is -1.99. The first-order valence-corrected chi connectivity index (χ1v) is 4.62. The van der Waals surface area contributed by atoms with Gasteiger partial charge in [0, 0.05) is 6.08 Å². The van der Waals surface area contributed by atoms with Crippen molar-refractivity contribution in [1.29, 1.82) is 0 Å². The Bertz CT molecular complexity index is 436. The first-order valence-electron chi connectivity index (χ1n) is 3.74. The van der Waals surface area contributed by atoms with Crippen molar-refractivity contribution in [3.05, 3.63) is 22.4 Å². The highest BCUT2D eigenvalue weighted by Gasteiger charge is 2.25. The van der Waals surface area contributed by atoms with Gasteiger partial charge in [-0.05, 0) is 11.4 Å². The Hall–Kier alpha value is -1.66. The number of carbonyl (C=O) groups excluding carboxylic acids is 2. The molecule has 6 heteroatoms. The van der Waals surface area contributed by atoms with Crippen LogP contribution in [0.15, 0.2) is 17.5 Å². The van der Waals surface area contributed by atoms with Gasteiger partial charge in [-0.15, -0.1) is 11.3 Å². The van der Waals surface area contributed by atoms with Gasteiger partial charge in [0.05, 0.1) is 10.5 Å². The lowest BCUT2D eigenvalue weighted by atomic mass is 10.2. The average molecular weight is 210 g/mol. The molecule has 0 saturated carbocycles. The van der Waals surface area contributed by atoms with Gasteiger partial charge in [-0.3, -0.25) is 14.9 Å². The van der Waals surface area contributed by atoms with Crippen LogP contribution >= 0.6 is 11.3 Å². The van der Waals surface area contributed by atoms with Gasteiger partial charge >= 0.3 is 0 Å². The van der Waals surface area contributed by atoms with Crippen molar-refractivity contribution in [3.8, 4) is 5.75 Å². The first kappa shape index (κ1) is 8.92. The summed E-state index contributed by atoms with van der Waals surface area (Å²) in [6.45, 7) is 0. The molecule has 14 heavy (non-hydrogen) atoms. The van der Waals surface area contributed by atoms with Crippen LogP contribution in [0.4, 0.5) is 0 Å². The van der Waals surface area contributed by atoms with E-state index in [2.05, 4.69) is 10.2 Å². The third kappa shape index (κ3) is 1.30. The fourth-order valence-corrected chi connectivity index (χ4v) is 2.01. The van der Waals surface area contributed by atoms with Crippen molar-refractivity contribution in [2.24, 2.45) is 5.90 Å². The molecule has 3 N–H and O–H groups in total. The normalized spacial score (nSPS) is 15.4. The van der Waals surface area contributed by atoms with Gasteiger partial charge < -0.3 is 4.84 Å². The summed E-state index contributed by atoms with van der Waals surface area (Å²) in [6.07, 6.45) is 1.23. The van der Waals surface area contributed by atoms with Crippen LogP contribution < -0.4 is 16.1 Å². The number of nitrogens with one attached hydrogen (secondary N) is 1. The van der Waals surface area contributed by atoms with Crippen molar-refractivity contribution in [1.82, 2.24) is 5.32 Å². The van der Waals surface area contributed by atoms with Gasteiger partial charge in [-0.25, -0.2) is 0 Å². The Morgan fingerprint density at radius 1 is 1.43 bits per heavy atom. The molecule has 1 aromatic heterocycles. The third-order valence-electron chi connectivity index (χ3n) is 1.76. The fourth-order valence-electron chi connectivity index (χ4n) is 1.17. The van der Waals surface area contributed by atoms with Crippen LogP contribution in [-0.4, -0.2) is 11.8 Å². The molecule has 0 spiro atoms. The maximum absolute atomic E-state index is 11.3. The van der Waals surface area contributed by atoms with Crippen LogP contribution in [-0.2, 0) is 9.59 Å². The Balaban J connectivity index is 2.45. The van der Waals surface area contributed by atoms with Gasteiger partial charge in [0.25, 0.3) is 11.8 Å². The summed E-state index contributed by atoms with van der Waals surface area (Å²) in [6, 6.07) is 1.64. The third-order valence-corrected chi connectivity index (χ3v) is 2.69. The predicted octanol–water partition coefficient (Wildman–Crippen LogP) is 0.0404. The molecule has 1 aromatic rings. The summed E-state index contributed by atoms with van der Waals surface area (Å²) >= 11 is 1.29. The molecule has 2 heterocycles. The van der Waals surface area contributed by atoms with Gasteiger partial charge in [0.15, 0.2) is 5.75 Å². The molecule has 0 aromatic carbocycles. The summed E-state index contributed by atoms with van der Waals surface area (Å²) < 4.78 is 0. The van der Waals surface area contributed by atoms with E-state index in [9.17, 15) is 9.59 Å². The quantitative estimate of drug-likeness (QED) is 0.533. The van der Waals surface area contributed by atoms with E-state index >= 15 is 0 Å². The highest BCUT2D eigenvalue weighted by atomic mass is 32.1. The van der Waals surface area contributed by atoms with E-state index in [1.807, 2.05) is 0 Å². The molecule has 72 valence electrons. The minimum atomic E-state index is -0.421. The number of nitrogens with two attached hydrogens (primary N) is 1. The van der Waals surface area contributed by atoms with Crippen LogP contribution in [0.3, 0.4) is 0 Å². The van der Waals surface area contributed by atoms with Crippen LogP contribution in [0.25, 0.3) is 5.57 Å². The standard InChI is InChI=1S/C8H6N2O3S/c9-13-5-1-2-14-7(5)4-3-6(11)10-8(4)12/h1-3H,9H2,(H,10,11,12). The number of imide groups is 1. The molecule has 0 radical (unpaired) electrons.